The van der Waals surface area contributed by atoms with Gasteiger partial charge < -0.3 is 15.2 Å². The molecule has 1 amide bonds. The monoisotopic (exact) mass is 236 g/mol. The molecular formula is C12H20N4O. The number of hydrogen-bond donors (Lipinski definition) is 2. The van der Waals surface area contributed by atoms with Crippen LogP contribution in [0.5, 0.6) is 0 Å². The van der Waals surface area contributed by atoms with Gasteiger partial charge in [-0.15, -0.1) is 0 Å². The minimum atomic E-state index is -0.0646. The molecular weight excluding hydrogens is 216 g/mol. The maximum absolute atomic E-state index is 11.5. The number of aromatic nitrogens is 2. The Morgan fingerprint density at radius 3 is 3.00 bits per heavy atom. The Morgan fingerprint density at radius 1 is 1.65 bits per heavy atom. The van der Waals surface area contributed by atoms with Gasteiger partial charge in [-0.05, 0) is 14.1 Å². The average molecular weight is 236 g/mol. The third-order valence-electron chi connectivity index (χ3n) is 2.31. The van der Waals surface area contributed by atoms with Crippen molar-refractivity contribution in [1.82, 2.24) is 20.2 Å². The predicted molar refractivity (Wildman–Crippen MR) is 67.7 cm³/mol. The third kappa shape index (κ3) is 5.31. The Hall–Kier alpha value is -1.62. The van der Waals surface area contributed by atoms with E-state index in [9.17, 15) is 4.79 Å². The van der Waals surface area contributed by atoms with E-state index >= 15 is 0 Å². The summed E-state index contributed by atoms with van der Waals surface area (Å²) in [4.78, 5) is 20.6. The molecule has 17 heavy (non-hydrogen) atoms. The van der Waals surface area contributed by atoms with Gasteiger partial charge in [0.05, 0.1) is 0 Å². The fraction of sp³-hybridized carbons (Fsp3) is 0.500. The number of aromatic amines is 1. The Kier molecular flexibility index (Phi) is 5.42. The summed E-state index contributed by atoms with van der Waals surface area (Å²) in [5.74, 6) is 1.02. The third-order valence-corrected chi connectivity index (χ3v) is 2.31. The molecule has 0 saturated heterocycles. The van der Waals surface area contributed by atoms with Crippen LogP contribution in [-0.4, -0.2) is 48.0 Å². The predicted octanol–water partition coefficient (Wildman–Crippen LogP) is 0.747. The molecule has 1 heterocycles. The van der Waals surface area contributed by atoms with E-state index in [1.165, 1.54) is 0 Å². The quantitative estimate of drug-likeness (QED) is 0.716. The molecule has 2 N–H and O–H groups in total. The molecule has 5 heteroatoms. The number of nitrogens with zero attached hydrogens (tertiary/aromatic N) is 2. The van der Waals surface area contributed by atoms with E-state index in [0.29, 0.717) is 6.54 Å². The zero-order valence-corrected chi connectivity index (χ0v) is 10.6. The van der Waals surface area contributed by atoms with Gasteiger partial charge in [-0.25, -0.2) is 4.98 Å². The van der Waals surface area contributed by atoms with E-state index in [1.54, 1.807) is 18.5 Å². The van der Waals surface area contributed by atoms with E-state index in [2.05, 4.69) is 15.3 Å². The molecule has 0 aliphatic rings. The van der Waals surface area contributed by atoms with E-state index in [1.807, 2.05) is 32.0 Å². The number of carbonyl (C=O) groups excluding carboxylic acids is 1. The summed E-state index contributed by atoms with van der Waals surface area (Å²) in [5, 5.41) is 2.84. The minimum absolute atomic E-state index is 0.0646. The van der Waals surface area contributed by atoms with Crippen molar-refractivity contribution in [2.45, 2.75) is 12.8 Å². The lowest BCUT2D eigenvalue weighted by atomic mass is 10.1. The zero-order chi connectivity index (χ0) is 12.7. The number of imidazole rings is 1. The van der Waals surface area contributed by atoms with Crippen molar-refractivity contribution in [1.29, 1.82) is 0 Å². The number of likely N-dealkylation sites (N-methyl/N-ethyl adjacent to an activating group) is 1. The molecule has 0 aliphatic carbocycles. The summed E-state index contributed by atoms with van der Waals surface area (Å²) in [6.07, 6.45) is 6.90. The number of rotatable bonds is 6. The normalized spacial score (nSPS) is 13.2. The van der Waals surface area contributed by atoms with E-state index in [4.69, 9.17) is 0 Å². The molecule has 94 valence electrons. The highest BCUT2D eigenvalue weighted by molar-refractivity contribution is 5.87. The molecule has 0 aliphatic heterocycles. The lowest BCUT2D eigenvalue weighted by Gasteiger charge is -2.09. The second-order valence-electron chi connectivity index (χ2n) is 4.29. The average Bonchev–Trinajstić information content (AvgIpc) is 2.78. The van der Waals surface area contributed by atoms with Gasteiger partial charge >= 0.3 is 0 Å². The first-order valence-electron chi connectivity index (χ1n) is 5.68. The first kappa shape index (κ1) is 13.4. The van der Waals surface area contributed by atoms with Crippen LogP contribution in [0.25, 0.3) is 0 Å². The highest BCUT2D eigenvalue weighted by Gasteiger charge is 2.07. The van der Waals surface area contributed by atoms with Crippen LogP contribution in [0.1, 0.15) is 18.7 Å². The molecule has 0 bridgehead atoms. The van der Waals surface area contributed by atoms with Crippen LogP contribution in [0.2, 0.25) is 0 Å². The fourth-order valence-corrected chi connectivity index (χ4v) is 1.33. The molecule has 1 aromatic heterocycles. The molecule has 1 atom stereocenters. The van der Waals surface area contributed by atoms with Crippen LogP contribution in [-0.2, 0) is 4.79 Å². The fourth-order valence-electron chi connectivity index (χ4n) is 1.33. The summed E-state index contributed by atoms with van der Waals surface area (Å²) in [5.41, 5.74) is 0. The minimum Gasteiger partial charge on any atom is -0.352 e. The van der Waals surface area contributed by atoms with E-state index < -0.39 is 0 Å². The molecule has 0 fully saturated rings. The number of nitrogens with one attached hydrogen (secondary N) is 2. The maximum atomic E-state index is 11.5. The van der Waals surface area contributed by atoms with Crippen molar-refractivity contribution >= 4 is 5.91 Å². The lowest BCUT2D eigenvalue weighted by molar-refractivity contribution is -0.116. The number of hydrogen-bond acceptors (Lipinski definition) is 3. The molecule has 0 spiro atoms. The largest absolute Gasteiger partial charge is 0.352 e. The van der Waals surface area contributed by atoms with Gasteiger partial charge in [0.2, 0.25) is 5.91 Å². The summed E-state index contributed by atoms with van der Waals surface area (Å²) in [6, 6.07) is 0. The Morgan fingerprint density at radius 2 is 2.41 bits per heavy atom. The highest BCUT2D eigenvalue weighted by Crippen LogP contribution is 2.06. The molecule has 1 unspecified atom stereocenters. The van der Waals surface area contributed by atoms with Crippen LogP contribution in [0.3, 0.4) is 0 Å². The van der Waals surface area contributed by atoms with Crippen LogP contribution < -0.4 is 5.32 Å². The van der Waals surface area contributed by atoms with Crippen molar-refractivity contribution in [3.63, 3.8) is 0 Å². The zero-order valence-electron chi connectivity index (χ0n) is 10.6. The Bertz CT molecular complexity index is 357. The van der Waals surface area contributed by atoms with Crippen molar-refractivity contribution < 1.29 is 4.79 Å². The van der Waals surface area contributed by atoms with Gasteiger partial charge in [-0.1, -0.05) is 13.0 Å². The van der Waals surface area contributed by atoms with Crippen molar-refractivity contribution in [3.05, 3.63) is 30.4 Å². The Labute approximate surface area is 102 Å². The molecule has 5 nitrogen and oxygen atoms in total. The SMILES string of the molecule is CC(CNC(=O)/C=C/CN(C)C)c1ncc[nH]1. The van der Waals surface area contributed by atoms with Crippen LogP contribution in [0, 0.1) is 0 Å². The first-order valence-corrected chi connectivity index (χ1v) is 5.68. The maximum Gasteiger partial charge on any atom is 0.243 e. The molecule has 0 aromatic carbocycles. The van der Waals surface area contributed by atoms with Gasteiger partial charge in [0.1, 0.15) is 5.82 Å². The van der Waals surface area contributed by atoms with E-state index in [-0.39, 0.29) is 11.8 Å². The lowest BCUT2D eigenvalue weighted by Crippen LogP contribution is -2.26. The van der Waals surface area contributed by atoms with E-state index in [0.717, 1.165) is 12.4 Å². The second kappa shape index (κ2) is 6.85. The standard InChI is InChI=1S/C12H20N4O/c1-10(12-13-6-7-14-12)9-15-11(17)5-4-8-16(2)3/h4-7,10H,8-9H2,1-3H3,(H,13,14)(H,15,17)/b5-4+. The molecule has 0 saturated carbocycles. The van der Waals surface area contributed by atoms with Gasteiger partial charge in [0.25, 0.3) is 0 Å². The smallest absolute Gasteiger partial charge is 0.243 e. The van der Waals surface area contributed by atoms with Crippen LogP contribution in [0.4, 0.5) is 0 Å². The summed E-state index contributed by atoms with van der Waals surface area (Å²) < 4.78 is 0. The van der Waals surface area contributed by atoms with Gasteiger partial charge in [0, 0.05) is 37.5 Å². The summed E-state index contributed by atoms with van der Waals surface area (Å²) >= 11 is 0. The number of carbonyl (C=O) groups is 1. The van der Waals surface area contributed by atoms with Crippen molar-refractivity contribution in [2.75, 3.05) is 27.2 Å². The van der Waals surface area contributed by atoms with Crippen molar-refractivity contribution in [2.24, 2.45) is 0 Å². The van der Waals surface area contributed by atoms with Crippen LogP contribution >= 0.6 is 0 Å². The number of H-pyrrole nitrogens is 1. The van der Waals surface area contributed by atoms with Crippen LogP contribution in [0.15, 0.2) is 24.5 Å². The van der Waals surface area contributed by atoms with Gasteiger partial charge in [-0.2, -0.15) is 0 Å². The highest BCUT2D eigenvalue weighted by atomic mass is 16.1. The number of amides is 1. The summed E-state index contributed by atoms with van der Waals surface area (Å²) in [6.45, 7) is 3.36. The summed E-state index contributed by atoms with van der Waals surface area (Å²) in [7, 11) is 3.92. The molecule has 1 aromatic rings. The van der Waals surface area contributed by atoms with Gasteiger partial charge in [0.15, 0.2) is 0 Å². The van der Waals surface area contributed by atoms with Gasteiger partial charge in [-0.3, -0.25) is 4.79 Å². The molecule has 0 radical (unpaired) electrons. The van der Waals surface area contributed by atoms with Crippen molar-refractivity contribution in [3.8, 4) is 0 Å². The second-order valence-corrected chi connectivity index (χ2v) is 4.29. The topological polar surface area (TPSA) is 61.0 Å². The Balaban J connectivity index is 2.26. The molecule has 1 rings (SSSR count). The first-order chi connectivity index (χ1) is 8.09.